The Morgan fingerprint density at radius 3 is 2.50 bits per heavy atom. The fourth-order valence-electron chi connectivity index (χ4n) is 1.90. The van der Waals surface area contributed by atoms with Gasteiger partial charge in [-0.25, -0.2) is 15.8 Å². The molecular formula is C14H20N6. The summed E-state index contributed by atoms with van der Waals surface area (Å²) < 4.78 is 0. The summed E-state index contributed by atoms with van der Waals surface area (Å²) in [6, 6.07) is 9.83. The Balaban J connectivity index is 2.34. The first-order chi connectivity index (χ1) is 9.63. The number of nitrogens with one attached hydrogen (secondary N) is 2. The molecule has 0 aliphatic carbocycles. The van der Waals surface area contributed by atoms with Gasteiger partial charge in [0.05, 0.1) is 11.4 Å². The quantitative estimate of drug-likeness (QED) is 0.571. The van der Waals surface area contributed by atoms with Crippen LogP contribution in [0.25, 0.3) is 0 Å². The maximum atomic E-state index is 5.44. The van der Waals surface area contributed by atoms with E-state index in [1.807, 2.05) is 50.2 Å². The van der Waals surface area contributed by atoms with Crippen molar-refractivity contribution in [3.8, 4) is 0 Å². The standard InChI is InChI=1S/C14H20N6/c1-4-12-17-13(9-14(18-12)19-15)16-10-7-5-6-8-11(10)20(2)3/h5-9H,4,15H2,1-3H3,(H2,16,17,18,19). The molecule has 4 N–H and O–H groups in total. The molecule has 1 heterocycles. The van der Waals surface area contributed by atoms with E-state index >= 15 is 0 Å². The lowest BCUT2D eigenvalue weighted by Gasteiger charge is -2.18. The van der Waals surface area contributed by atoms with Crippen molar-refractivity contribution in [1.29, 1.82) is 0 Å². The van der Waals surface area contributed by atoms with Crippen LogP contribution >= 0.6 is 0 Å². The van der Waals surface area contributed by atoms with Gasteiger partial charge in [0.1, 0.15) is 17.5 Å². The predicted octanol–water partition coefficient (Wildman–Crippen LogP) is 2.13. The molecular weight excluding hydrogens is 252 g/mol. The average molecular weight is 272 g/mol. The first-order valence-corrected chi connectivity index (χ1v) is 6.52. The van der Waals surface area contributed by atoms with Gasteiger partial charge in [-0.3, -0.25) is 0 Å². The molecule has 0 unspecified atom stereocenters. The van der Waals surface area contributed by atoms with Gasteiger partial charge in [-0.2, -0.15) is 0 Å². The van der Waals surface area contributed by atoms with Crippen molar-refractivity contribution in [2.24, 2.45) is 5.84 Å². The number of hydrogen-bond acceptors (Lipinski definition) is 6. The monoisotopic (exact) mass is 272 g/mol. The normalized spacial score (nSPS) is 10.2. The number of hydrogen-bond donors (Lipinski definition) is 3. The number of nitrogens with two attached hydrogens (primary N) is 1. The van der Waals surface area contributed by atoms with Crippen LogP contribution in [0.1, 0.15) is 12.7 Å². The zero-order valence-corrected chi connectivity index (χ0v) is 12.0. The molecule has 0 saturated carbocycles. The van der Waals surface area contributed by atoms with E-state index in [4.69, 9.17) is 5.84 Å². The molecule has 0 aliphatic heterocycles. The zero-order valence-electron chi connectivity index (χ0n) is 12.0. The summed E-state index contributed by atoms with van der Waals surface area (Å²) in [5.41, 5.74) is 4.64. The number of para-hydroxylation sites is 2. The molecule has 0 fully saturated rings. The number of benzene rings is 1. The summed E-state index contributed by atoms with van der Waals surface area (Å²) in [6.07, 6.45) is 0.750. The van der Waals surface area contributed by atoms with Gasteiger partial charge in [0.2, 0.25) is 0 Å². The van der Waals surface area contributed by atoms with E-state index in [0.717, 1.165) is 29.4 Å². The molecule has 2 aromatic rings. The average Bonchev–Trinajstić information content (AvgIpc) is 2.47. The maximum absolute atomic E-state index is 5.44. The molecule has 0 saturated heterocycles. The second-order valence-electron chi connectivity index (χ2n) is 4.59. The molecule has 0 amide bonds. The van der Waals surface area contributed by atoms with Gasteiger partial charge in [0.25, 0.3) is 0 Å². The molecule has 20 heavy (non-hydrogen) atoms. The minimum absolute atomic E-state index is 0.599. The second-order valence-corrected chi connectivity index (χ2v) is 4.59. The molecule has 2 rings (SSSR count). The fraction of sp³-hybridized carbons (Fsp3) is 0.286. The third kappa shape index (κ3) is 3.16. The van der Waals surface area contributed by atoms with E-state index in [-0.39, 0.29) is 0 Å². The Bertz CT molecular complexity index is 559. The predicted molar refractivity (Wildman–Crippen MR) is 83.3 cm³/mol. The summed E-state index contributed by atoms with van der Waals surface area (Å²) in [6.45, 7) is 2.01. The molecule has 0 bridgehead atoms. The smallest absolute Gasteiger partial charge is 0.145 e. The lowest BCUT2D eigenvalue weighted by atomic mass is 10.2. The second kappa shape index (κ2) is 6.21. The van der Waals surface area contributed by atoms with Crippen molar-refractivity contribution in [1.82, 2.24) is 9.97 Å². The number of nitrogen functional groups attached to an aromatic ring is 1. The maximum Gasteiger partial charge on any atom is 0.145 e. The third-order valence-corrected chi connectivity index (χ3v) is 2.89. The van der Waals surface area contributed by atoms with Gasteiger partial charge in [0, 0.05) is 26.6 Å². The van der Waals surface area contributed by atoms with Crippen molar-refractivity contribution < 1.29 is 0 Å². The molecule has 0 radical (unpaired) electrons. The number of nitrogens with zero attached hydrogens (tertiary/aromatic N) is 3. The Hall–Kier alpha value is -2.34. The summed E-state index contributed by atoms with van der Waals surface area (Å²) in [5, 5.41) is 3.31. The summed E-state index contributed by atoms with van der Waals surface area (Å²) in [5.74, 6) is 7.50. The van der Waals surface area contributed by atoms with Crippen molar-refractivity contribution in [3.05, 3.63) is 36.2 Å². The Kier molecular flexibility index (Phi) is 4.37. The minimum atomic E-state index is 0.599. The largest absolute Gasteiger partial charge is 0.376 e. The lowest BCUT2D eigenvalue weighted by molar-refractivity contribution is 0.941. The first-order valence-electron chi connectivity index (χ1n) is 6.52. The fourth-order valence-corrected chi connectivity index (χ4v) is 1.90. The van der Waals surface area contributed by atoms with Gasteiger partial charge < -0.3 is 15.6 Å². The van der Waals surface area contributed by atoms with Crippen LogP contribution in [0.5, 0.6) is 0 Å². The van der Waals surface area contributed by atoms with Crippen LogP contribution in [-0.4, -0.2) is 24.1 Å². The van der Waals surface area contributed by atoms with Crippen LogP contribution in [-0.2, 0) is 6.42 Å². The summed E-state index contributed by atoms with van der Waals surface area (Å²) in [7, 11) is 4.01. The molecule has 0 spiro atoms. The highest BCUT2D eigenvalue weighted by molar-refractivity contribution is 5.74. The van der Waals surface area contributed by atoms with E-state index in [1.54, 1.807) is 6.07 Å². The van der Waals surface area contributed by atoms with Gasteiger partial charge in [-0.1, -0.05) is 19.1 Å². The Labute approximate surface area is 119 Å². The molecule has 1 aromatic heterocycles. The number of aromatic nitrogens is 2. The highest BCUT2D eigenvalue weighted by Crippen LogP contribution is 2.27. The topological polar surface area (TPSA) is 79.1 Å². The minimum Gasteiger partial charge on any atom is -0.376 e. The number of anilines is 4. The van der Waals surface area contributed by atoms with Crippen molar-refractivity contribution in [2.45, 2.75) is 13.3 Å². The Morgan fingerprint density at radius 2 is 1.85 bits per heavy atom. The molecule has 6 heteroatoms. The van der Waals surface area contributed by atoms with E-state index in [1.165, 1.54) is 0 Å². The molecule has 106 valence electrons. The molecule has 0 atom stereocenters. The lowest BCUT2D eigenvalue weighted by Crippen LogP contribution is -2.13. The van der Waals surface area contributed by atoms with Crippen LogP contribution in [0.3, 0.4) is 0 Å². The van der Waals surface area contributed by atoms with Crippen LogP contribution in [0.15, 0.2) is 30.3 Å². The first kappa shape index (κ1) is 14.1. The van der Waals surface area contributed by atoms with E-state index in [0.29, 0.717) is 5.82 Å². The van der Waals surface area contributed by atoms with E-state index in [2.05, 4.69) is 20.7 Å². The van der Waals surface area contributed by atoms with Crippen LogP contribution in [0.4, 0.5) is 23.0 Å². The zero-order chi connectivity index (χ0) is 14.5. The number of aryl methyl sites for hydroxylation is 1. The highest BCUT2D eigenvalue weighted by Gasteiger charge is 2.07. The summed E-state index contributed by atoms with van der Waals surface area (Å²) in [4.78, 5) is 10.8. The van der Waals surface area contributed by atoms with E-state index in [9.17, 15) is 0 Å². The summed E-state index contributed by atoms with van der Waals surface area (Å²) >= 11 is 0. The molecule has 6 nitrogen and oxygen atoms in total. The van der Waals surface area contributed by atoms with Gasteiger partial charge in [-0.05, 0) is 12.1 Å². The molecule has 0 aliphatic rings. The van der Waals surface area contributed by atoms with E-state index < -0.39 is 0 Å². The van der Waals surface area contributed by atoms with Crippen LogP contribution < -0.4 is 21.5 Å². The van der Waals surface area contributed by atoms with Gasteiger partial charge in [0.15, 0.2) is 0 Å². The highest BCUT2D eigenvalue weighted by atomic mass is 15.3. The van der Waals surface area contributed by atoms with Crippen molar-refractivity contribution in [2.75, 3.05) is 29.7 Å². The van der Waals surface area contributed by atoms with Crippen molar-refractivity contribution >= 4 is 23.0 Å². The number of rotatable bonds is 5. The van der Waals surface area contributed by atoms with Gasteiger partial charge in [-0.15, -0.1) is 0 Å². The van der Waals surface area contributed by atoms with Crippen LogP contribution in [0.2, 0.25) is 0 Å². The SMILES string of the molecule is CCc1nc(NN)cc(Nc2ccccc2N(C)C)n1. The third-order valence-electron chi connectivity index (χ3n) is 2.89. The molecule has 1 aromatic carbocycles. The van der Waals surface area contributed by atoms with Gasteiger partial charge >= 0.3 is 0 Å². The van der Waals surface area contributed by atoms with Crippen molar-refractivity contribution in [3.63, 3.8) is 0 Å². The Morgan fingerprint density at radius 1 is 1.15 bits per heavy atom. The number of hydrazine groups is 1. The van der Waals surface area contributed by atoms with Crippen LogP contribution in [0, 0.1) is 0 Å².